The number of hydrogen-bond donors (Lipinski definition) is 0. The number of furan rings is 1. The van der Waals surface area contributed by atoms with E-state index in [1.807, 2.05) is 24.3 Å². The maximum Gasteiger partial charge on any atom is 0.136 e. The highest BCUT2D eigenvalue weighted by atomic mass is 16.3. The van der Waals surface area contributed by atoms with Crippen LogP contribution in [0.4, 0.5) is 11.4 Å². The van der Waals surface area contributed by atoms with Crippen LogP contribution in [0.15, 0.2) is 101 Å². The van der Waals surface area contributed by atoms with E-state index < -0.39 is 0 Å². The predicted molar refractivity (Wildman–Crippen MR) is 114 cm³/mol. The summed E-state index contributed by atoms with van der Waals surface area (Å²) in [6.07, 6.45) is 0. The van der Waals surface area contributed by atoms with Gasteiger partial charge in [-0.3, -0.25) is 0 Å². The summed E-state index contributed by atoms with van der Waals surface area (Å²) >= 11 is 0. The molecule has 5 rings (SSSR count). The fourth-order valence-corrected chi connectivity index (χ4v) is 3.58. The highest BCUT2D eigenvalue weighted by Gasteiger charge is 2.09. The average molecular weight is 349 g/mol. The van der Waals surface area contributed by atoms with Gasteiger partial charge in [-0.1, -0.05) is 54.6 Å². The fraction of sp³-hybridized carbons (Fsp3) is 0.0400. The van der Waals surface area contributed by atoms with Crippen molar-refractivity contribution in [1.82, 2.24) is 0 Å². The predicted octanol–water partition coefficient (Wildman–Crippen LogP) is 7.02. The normalized spacial score (nSPS) is 11.1. The summed E-state index contributed by atoms with van der Waals surface area (Å²) in [6.45, 7) is 0. The van der Waals surface area contributed by atoms with Crippen molar-refractivity contribution in [2.45, 2.75) is 0 Å². The van der Waals surface area contributed by atoms with E-state index in [0.29, 0.717) is 0 Å². The number of benzene rings is 4. The number of anilines is 2. The molecule has 0 N–H and O–H groups in total. The molecule has 0 aliphatic rings. The molecule has 0 amide bonds. The maximum absolute atomic E-state index is 6.03. The summed E-state index contributed by atoms with van der Waals surface area (Å²) in [5.74, 6) is 0. The lowest BCUT2D eigenvalue weighted by Crippen LogP contribution is -2.08. The molecule has 0 radical (unpaired) electrons. The molecule has 2 heteroatoms. The van der Waals surface area contributed by atoms with Gasteiger partial charge in [0.25, 0.3) is 0 Å². The van der Waals surface area contributed by atoms with E-state index in [-0.39, 0.29) is 0 Å². The van der Waals surface area contributed by atoms with E-state index in [2.05, 4.69) is 84.7 Å². The highest BCUT2D eigenvalue weighted by Crippen LogP contribution is 2.33. The second kappa shape index (κ2) is 6.33. The van der Waals surface area contributed by atoms with E-state index in [1.54, 1.807) is 0 Å². The molecule has 2 nitrogen and oxygen atoms in total. The van der Waals surface area contributed by atoms with Crippen molar-refractivity contribution >= 4 is 33.3 Å². The lowest BCUT2D eigenvalue weighted by Gasteiger charge is -2.19. The van der Waals surface area contributed by atoms with Crippen molar-refractivity contribution in [3.05, 3.63) is 97.1 Å². The Morgan fingerprint density at radius 1 is 0.556 bits per heavy atom. The monoisotopic (exact) mass is 349 g/mol. The second-order valence-corrected chi connectivity index (χ2v) is 6.75. The summed E-state index contributed by atoms with van der Waals surface area (Å²) in [5.41, 5.74) is 6.55. The van der Waals surface area contributed by atoms with Crippen molar-refractivity contribution in [2.24, 2.45) is 0 Å². The van der Waals surface area contributed by atoms with E-state index in [0.717, 1.165) is 27.8 Å². The molecule has 0 atom stereocenters. The maximum atomic E-state index is 6.03. The fourth-order valence-electron chi connectivity index (χ4n) is 3.58. The van der Waals surface area contributed by atoms with Crippen LogP contribution in [0.25, 0.3) is 33.1 Å². The van der Waals surface area contributed by atoms with Crippen molar-refractivity contribution < 1.29 is 4.42 Å². The smallest absolute Gasteiger partial charge is 0.136 e. The molecule has 27 heavy (non-hydrogen) atoms. The number of rotatable bonds is 3. The number of fused-ring (bicyclic) bond motifs is 3. The summed E-state index contributed by atoms with van der Waals surface area (Å²) in [4.78, 5) is 2.19. The van der Waals surface area contributed by atoms with Crippen molar-refractivity contribution in [1.29, 1.82) is 0 Å². The third kappa shape index (κ3) is 2.76. The van der Waals surface area contributed by atoms with Gasteiger partial charge in [-0.05, 0) is 53.6 Å². The summed E-state index contributed by atoms with van der Waals surface area (Å²) in [7, 11) is 2.09. The Balaban J connectivity index is 1.50. The van der Waals surface area contributed by atoms with Gasteiger partial charge in [0.05, 0.1) is 0 Å². The molecular formula is C25H19NO. The van der Waals surface area contributed by atoms with Gasteiger partial charge in [0.1, 0.15) is 11.2 Å². The van der Waals surface area contributed by atoms with Gasteiger partial charge < -0.3 is 9.32 Å². The first-order valence-corrected chi connectivity index (χ1v) is 9.10. The molecule has 1 heterocycles. The van der Waals surface area contributed by atoms with Crippen LogP contribution in [0.2, 0.25) is 0 Å². The molecule has 0 unspecified atom stereocenters. The van der Waals surface area contributed by atoms with E-state index in [4.69, 9.17) is 4.42 Å². The van der Waals surface area contributed by atoms with Crippen molar-refractivity contribution in [3.8, 4) is 11.1 Å². The first-order valence-electron chi connectivity index (χ1n) is 9.10. The topological polar surface area (TPSA) is 16.4 Å². The molecule has 4 aromatic carbocycles. The second-order valence-electron chi connectivity index (χ2n) is 6.75. The van der Waals surface area contributed by atoms with Crippen LogP contribution < -0.4 is 4.90 Å². The van der Waals surface area contributed by atoms with Crippen LogP contribution in [0.5, 0.6) is 0 Å². The average Bonchev–Trinajstić information content (AvgIpc) is 3.12. The molecule has 0 spiro atoms. The van der Waals surface area contributed by atoms with Crippen molar-refractivity contribution in [3.63, 3.8) is 0 Å². The van der Waals surface area contributed by atoms with Gasteiger partial charge in [0.2, 0.25) is 0 Å². The Labute approximate surface area is 158 Å². The first kappa shape index (κ1) is 15.7. The SMILES string of the molecule is CN(c1ccccc1)c1ccc(-c2ccc3c(c2)oc2ccccc23)cc1. The molecule has 0 bridgehead atoms. The van der Waals surface area contributed by atoms with Crippen LogP contribution in [0.3, 0.4) is 0 Å². The number of hydrogen-bond acceptors (Lipinski definition) is 2. The van der Waals surface area contributed by atoms with E-state index in [1.165, 1.54) is 16.6 Å². The molecule has 130 valence electrons. The standard InChI is InChI=1S/C25H19NO/c1-26(20-7-3-2-4-8-20)21-14-11-18(12-15-21)19-13-16-23-22-9-5-6-10-24(22)27-25(23)17-19/h2-17H,1H3. The Kier molecular flexibility index (Phi) is 3.68. The van der Waals surface area contributed by atoms with Gasteiger partial charge in [-0.25, -0.2) is 0 Å². The molecule has 0 aliphatic carbocycles. The molecular weight excluding hydrogens is 330 g/mol. The first-order chi connectivity index (χ1) is 13.3. The lowest BCUT2D eigenvalue weighted by atomic mass is 10.0. The Bertz CT molecular complexity index is 1220. The third-order valence-electron chi connectivity index (χ3n) is 5.11. The van der Waals surface area contributed by atoms with Gasteiger partial charge in [-0.2, -0.15) is 0 Å². The number of para-hydroxylation sites is 2. The minimum Gasteiger partial charge on any atom is -0.456 e. The molecule has 0 fully saturated rings. The zero-order valence-electron chi connectivity index (χ0n) is 15.1. The van der Waals surface area contributed by atoms with Gasteiger partial charge in [-0.15, -0.1) is 0 Å². The number of nitrogens with zero attached hydrogens (tertiary/aromatic N) is 1. The molecule has 1 aromatic heterocycles. The van der Waals surface area contributed by atoms with Crippen LogP contribution in [-0.2, 0) is 0 Å². The highest BCUT2D eigenvalue weighted by molar-refractivity contribution is 6.05. The Hall–Kier alpha value is -3.52. The zero-order chi connectivity index (χ0) is 18.2. The molecule has 5 aromatic rings. The van der Waals surface area contributed by atoms with Gasteiger partial charge in [0.15, 0.2) is 0 Å². The molecule has 0 saturated carbocycles. The minimum absolute atomic E-state index is 0.930. The molecule has 0 saturated heterocycles. The Morgan fingerprint density at radius 2 is 1.19 bits per heavy atom. The summed E-state index contributed by atoms with van der Waals surface area (Å²) in [5, 5.41) is 2.33. The largest absolute Gasteiger partial charge is 0.456 e. The third-order valence-corrected chi connectivity index (χ3v) is 5.11. The summed E-state index contributed by atoms with van der Waals surface area (Å²) < 4.78 is 6.03. The van der Waals surface area contributed by atoms with Crippen molar-refractivity contribution in [2.75, 3.05) is 11.9 Å². The zero-order valence-corrected chi connectivity index (χ0v) is 15.1. The van der Waals surface area contributed by atoms with Gasteiger partial charge in [0, 0.05) is 29.2 Å². The van der Waals surface area contributed by atoms with E-state index >= 15 is 0 Å². The molecule has 0 aliphatic heterocycles. The van der Waals surface area contributed by atoms with Crippen LogP contribution in [-0.4, -0.2) is 7.05 Å². The lowest BCUT2D eigenvalue weighted by molar-refractivity contribution is 0.669. The Morgan fingerprint density at radius 3 is 2.00 bits per heavy atom. The van der Waals surface area contributed by atoms with E-state index in [9.17, 15) is 0 Å². The van der Waals surface area contributed by atoms with Crippen LogP contribution in [0, 0.1) is 0 Å². The van der Waals surface area contributed by atoms with Crippen LogP contribution >= 0.6 is 0 Å². The minimum atomic E-state index is 0.930. The van der Waals surface area contributed by atoms with Crippen LogP contribution in [0.1, 0.15) is 0 Å². The summed E-state index contributed by atoms with van der Waals surface area (Å²) in [6, 6.07) is 33.7. The quantitative estimate of drug-likeness (QED) is 0.348. The van der Waals surface area contributed by atoms with Gasteiger partial charge >= 0.3 is 0 Å².